The zero-order valence-electron chi connectivity index (χ0n) is 17.0. The highest BCUT2D eigenvalue weighted by Crippen LogP contribution is 2.31. The van der Waals surface area contributed by atoms with E-state index in [4.69, 9.17) is 4.74 Å². The van der Waals surface area contributed by atoms with Crippen LogP contribution in [0.2, 0.25) is 0 Å². The minimum absolute atomic E-state index is 0.00336. The van der Waals surface area contributed by atoms with E-state index in [0.717, 1.165) is 41.8 Å². The standard InChI is InChI=1S/C23H26BrN3O3/c1-30-19-8-6-18(7-9-19)26-12-10-17(11-13-26)25-23(29)16-14-22(28)27(15-16)21-5-3-2-4-20(21)24/h2-9,16-17H,10-15H2,1H3,(H,25,29). The normalized spacial score (nSPS) is 19.8. The van der Waals surface area contributed by atoms with Gasteiger partial charge in [-0.3, -0.25) is 9.59 Å². The monoisotopic (exact) mass is 471 g/mol. The second kappa shape index (κ2) is 9.08. The largest absolute Gasteiger partial charge is 0.497 e. The first-order valence-corrected chi connectivity index (χ1v) is 11.1. The van der Waals surface area contributed by atoms with Crippen molar-refractivity contribution in [1.29, 1.82) is 0 Å². The number of methoxy groups -OCH3 is 1. The van der Waals surface area contributed by atoms with Gasteiger partial charge in [0, 0.05) is 42.3 Å². The van der Waals surface area contributed by atoms with Crippen molar-refractivity contribution >= 4 is 39.1 Å². The first-order valence-electron chi connectivity index (χ1n) is 10.3. The molecular weight excluding hydrogens is 446 g/mol. The maximum Gasteiger partial charge on any atom is 0.227 e. The third-order valence-corrected chi connectivity index (χ3v) is 6.59. The van der Waals surface area contributed by atoms with Crippen LogP contribution in [0.4, 0.5) is 11.4 Å². The fraction of sp³-hybridized carbons (Fsp3) is 0.391. The minimum Gasteiger partial charge on any atom is -0.497 e. The molecule has 2 heterocycles. The summed E-state index contributed by atoms with van der Waals surface area (Å²) in [5.74, 6) is 0.532. The Morgan fingerprint density at radius 2 is 1.80 bits per heavy atom. The van der Waals surface area contributed by atoms with E-state index >= 15 is 0 Å². The van der Waals surface area contributed by atoms with E-state index in [1.54, 1.807) is 12.0 Å². The van der Waals surface area contributed by atoms with E-state index in [-0.39, 0.29) is 30.2 Å². The number of amides is 2. The number of halogens is 1. The average molecular weight is 472 g/mol. The molecule has 0 aromatic heterocycles. The molecule has 2 aliphatic heterocycles. The molecule has 2 aromatic rings. The molecule has 2 fully saturated rings. The highest BCUT2D eigenvalue weighted by molar-refractivity contribution is 9.10. The van der Waals surface area contributed by atoms with Crippen molar-refractivity contribution in [2.75, 3.05) is 36.5 Å². The van der Waals surface area contributed by atoms with Crippen molar-refractivity contribution in [3.63, 3.8) is 0 Å². The molecule has 1 atom stereocenters. The lowest BCUT2D eigenvalue weighted by atomic mass is 10.0. The molecule has 6 nitrogen and oxygen atoms in total. The second-order valence-corrected chi connectivity index (χ2v) is 8.68. The summed E-state index contributed by atoms with van der Waals surface area (Å²) in [7, 11) is 1.67. The van der Waals surface area contributed by atoms with Crippen molar-refractivity contribution in [2.45, 2.75) is 25.3 Å². The van der Waals surface area contributed by atoms with Crippen LogP contribution in [-0.4, -0.2) is 44.6 Å². The molecule has 0 spiro atoms. The Hall–Kier alpha value is -2.54. The fourth-order valence-electron chi connectivity index (χ4n) is 4.18. The van der Waals surface area contributed by atoms with Gasteiger partial charge in [-0.25, -0.2) is 0 Å². The quantitative estimate of drug-likeness (QED) is 0.723. The minimum atomic E-state index is -0.302. The summed E-state index contributed by atoms with van der Waals surface area (Å²) in [5, 5.41) is 3.18. The first kappa shape index (κ1) is 20.7. The molecule has 7 heteroatoms. The molecule has 2 saturated heterocycles. The third kappa shape index (κ3) is 4.46. The Bertz CT molecular complexity index is 910. The van der Waals surface area contributed by atoms with Gasteiger partial charge in [0.1, 0.15) is 5.75 Å². The third-order valence-electron chi connectivity index (χ3n) is 5.92. The van der Waals surface area contributed by atoms with E-state index < -0.39 is 0 Å². The first-order chi connectivity index (χ1) is 14.5. The van der Waals surface area contributed by atoms with Gasteiger partial charge in [-0.1, -0.05) is 12.1 Å². The van der Waals surface area contributed by atoms with Gasteiger partial charge in [-0.05, 0) is 65.2 Å². The van der Waals surface area contributed by atoms with Gasteiger partial charge in [0.2, 0.25) is 11.8 Å². The van der Waals surface area contributed by atoms with Crippen molar-refractivity contribution in [2.24, 2.45) is 5.92 Å². The molecule has 158 valence electrons. The summed E-state index contributed by atoms with van der Waals surface area (Å²) >= 11 is 3.50. The van der Waals surface area contributed by atoms with Gasteiger partial charge in [-0.2, -0.15) is 0 Å². The van der Waals surface area contributed by atoms with E-state index in [9.17, 15) is 9.59 Å². The van der Waals surface area contributed by atoms with Gasteiger partial charge < -0.3 is 19.9 Å². The topological polar surface area (TPSA) is 61.9 Å². The molecule has 0 aliphatic carbocycles. The highest BCUT2D eigenvalue weighted by Gasteiger charge is 2.36. The van der Waals surface area contributed by atoms with Crippen molar-refractivity contribution in [3.05, 3.63) is 53.0 Å². The summed E-state index contributed by atoms with van der Waals surface area (Å²) in [6, 6.07) is 15.8. The average Bonchev–Trinajstić information content (AvgIpc) is 3.16. The lowest BCUT2D eigenvalue weighted by Gasteiger charge is -2.34. The lowest BCUT2D eigenvalue weighted by molar-refractivity contribution is -0.127. The van der Waals surface area contributed by atoms with Gasteiger partial charge in [0.25, 0.3) is 0 Å². The van der Waals surface area contributed by atoms with E-state index in [1.807, 2.05) is 36.4 Å². The number of carbonyl (C=O) groups excluding carboxylic acids is 2. The number of nitrogens with zero attached hydrogens (tertiary/aromatic N) is 2. The molecule has 0 bridgehead atoms. The van der Waals surface area contributed by atoms with Crippen molar-refractivity contribution in [3.8, 4) is 5.75 Å². The van der Waals surface area contributed by atoms with Gasteiger partial charge in [0.15, 0.2) is 0 Å². The van der Waals surface area contributed by atoms with E-state index in [0.29, 0.717) is 6.54 Å². The zero-order valence-corrected chi connectivity index (χ0v) is 18.6. The molecule has 0 radical (unpaired) electrons. The molecule has 2 aromatic carbocycles. The molecule has 30 heavy (non-hydrogen) atoms. The van der Waals surface area contributed by atoms with Crippen LogP contribution in [0.1, 0.15) is 19.3 Å². The van der Waals surface area contributed by atoms with Crippen LogP contribution < -0.4 is 19.9 Å². The smallest absolute Gasteiger partial charge is 0.227 e. The summed E-state index contributed by atoms with van der Waals surface area (Å²) in [5.41, 5.74) is 2.00. The van der Waals surface area contributed by atoms with Crippen LogP contribution in [0.25, 0.3) is 0 Å². The number of hydrogen-bond acceptors (Lipinski definition) is 4. The number of ether oxygens (including phenoxy) is 1. The number of piperidine rings is 1. The second-order valence-electron chi connectivity index (χ2n) is 7.82. The number of nitrogens with one attached hydrogen (secondary N) is 1. The number of benzene rings is 2. The van der Waals surface area contributed by atoms with Crippen LogP contribution >= 0.6 is 15.9 Å². The number of rotatable bonds is 5. The maximum absolute atomic E-state index is 12.8. The molecular formula is C23H26BrN3O3. The SMILES string of the molecule is COc1ccc(N2CCC(NC(=O)C3CC(=O)N(c4ccccc4Br)C3)CC2)cc1. The van der Waals surface area contributed by atoms with E-state index in [1.165, 1.54) is 5.69 Å². The molecule has 1 N–H and O–H groups in total. The van der Waals surface area contributed by atoms with Crippen molar-refractivity contribution in [1.82, 2.24) is 5.32 Å². The summed E-state index contributed by atoms with van der Waals surface area (Å²) < 4.78 is 6.09. The molecule has 0 saturated carbocycles. The molecule has 1 unspecified atom stereocenters. The van der Waals surface area contributed by atoms with Crippen LogP contribution in [0, 0.1) is 5.92 Å². The predicted octanol–water partition coefficient (Wildman–Crippen LogP) is 3.60. The maximum atomic E-state index is 12.8. The summed E-state index contributed by atoms with van der Waals surface area (Å²) in [6.07, 6.45) is 2.05. The van der Waals surface area contributed by atoms with Crippen LogP contribution in [0.5, 0.6) is 5.75 Å². The number of para-hydroxylation sites is 1. The van der Waals surface area contributed by atoms with Gasteiger partial charge >= 0.3 is 0 Å². The van der Waals surface area contributed by atoms with Gasteiger partial charge in [-0.15, -0.1) is 0 Å². The Balaban J connectivity index is 1.30. The number of anilines is 2. The Morgan fingerprint density at radius 3 is 2.47 bits per heavy atom. The van der Waals surface area contributed by atoms with E-state index in [2.05, 4.69) is 38.3 Å². The summed E-state index contributed by atoms with van der Waals surface area (Å²) in [6.45, 7) is 2.21. The number of carbonyl (C=O) groups is 2. The molecule has 2 amide bonds. The van der Waals surface area contributed by atoms with Gasteiger partial charge in [0.05, 0.1) is 18.7 Å². The Kier molecular flexibility index (Phi) is 6.27. The van der Waals surface area contributed by atoms with Crippen LogP contribution in [0.15, 0.2) is 53.0 Å². The highest BCUT2D eigenvalue weighted by atomic mass is 79.9. The molecule has 2 aliphatic rings. The van der Waals surface area contributed by atoms with Crippen molar-refractivity contribution < 1.29 is 14.3 Å². The molecule has 4 rings (SSSR count). The zero-order chi connectivity index (χ0) is 21.1. The lowest BCUT2D eigenvalue weighted by Crippen LogP contribution is -2.46. The predicted molar refractivity (Wildman–Crippen MR) is 121 cm³/mol. The Labute approximate surface area is 185 Å². The Morgan fingerprint density at radius 1 is 1.10 bits per heavy atom. The number of hydrogen-bond donors (Lipinski definition) is 1. The fourth-order valence-corrected chi connectivity index (χ4v) is 4.68. The van der Waals surface area contributed by atoms with Crippen LogP contribution in [0.3, 0.4) is 0 Å². The summed E-state index contributed by atoms with van der Waals surface area (Å²) in [4.78, 5) is 29.3. The van der Waals surface area contributed by atoms with Crippen LogP contribution in [-0.2, 0) is 9.59 Å².